The molecule has 0 fully saturated rings. The standard InChI is InChI=1S/C18H15ClFN/c1-21-18(17-15(19)7-4-8-16(17)20)14-10-9-12-5-2-3-6-13(12)11-14/h2-11,18,21H,1H3. The lowest BCUT2D eigenvalue weighted by atomic mass is 9.96. The summed E-state index contributed by atoms with van der Waals surface area (Å²) in [6.45, 7) is 0. The van der Waals surface area contributed by atoms with Gasteiger partial charge in [-0.05, 0) is 41.6 Å². The minimum Gasteiger partial charge on any atom is -0.309 e. The third kappa shape index (κ3) is 2.65. The van der Waals surface area contributed by atoms with Crippen molar-refractivity contribution in [1.82, 2.24) is 5.32 Å². The molecule has 0 saturated carbocycles. The number of fused-ring (bicyclic) bond motifs is 1. The molecule has 0 amide bonds. The van der Waals surface area contributed by atoms with Gasteiger partial charge >= 0.3 is 0 Å². The van der Waals surface area contributed by atoms with Gasteiger partial charge in [-0.25, -0.2) is 4.39 Å². The Labute approximate surface area is 128 Å². The van der Waals surface area contributed by atoms with E-state index in [-0.39, 0.29) is 11.9 Å². The molecule has 0 bridgehead atoms. The molecule has 0 aliphatic carbocycles. The SMILES string of the molecule is CNC(c1ccc2ccccc2c1)c1c(F)cccc1Cl. The molecule has 0 heterocycles. The van der Waals surface area contributed by atoms with Crippen molar-refractivity contribution < 1.29 is 4.39 Å². The zero-order valence-corrected chi connectivity index (χ0v) is 12.4. The van der Waals surface area contributed by atoms with Crippen molar-refractivity contribution in [2.45, 2.75) is 6.04 Å². The Bertz CT molecular complexity index is 765. The monoisotopic (exact) mass is 299 g/mol. The average molecular weight is 300 g/mol. The average Bonchev–Trinajstić information content (AvgIpc) is 2.50. The minimum absolute atomic E-state index is 0.275. The Morgan fingerprint density at radius 3 is 2.43 bits per heavy atom. The van der Waals surface area contributed by atoms with Crippen LogP contribution < -0.4 is 5.32 Å². The minimum atomic E-state index is -0.296. The molecule has 0 saturated heterocycles. The van der Waals surface area contributed by atoms with Crippen LogP contribution in [-0.4, -0.2) is 7.05 Å². The van der Waals surface area contributed by atoms with Crippen molar-refractivity contribution in [2.24, 2.45) is 0 Å². The van der Waals surface area contributed by atoms with E-state index in [0.29, 0.717) is 10.6 Å². The number of benzene rings is 3. The van der Waals surface area contributed by atoms with Crippen LogP contribution in [0.25, 0.3) is 10.8 Å². The molecule has 3 aromatic rings. The normalized spacial score (nSPS) is 12.5. The van der Waals surface area contributed by atoms with Crippen LogP contribution in [-0.2, 0) is 0 Å². The smallest absolute Gasteiger partial charge is 0.129 e. The zero-order valence-electron chi connectivity index (χ0n) is 11.6. The van der Waals surface area contributed by atoms with E-state index in [2.05, 4.69) is 23.5 Å². The second-order valence-corrected chi connectivity index (χ2v) is 5.37. The summed E-state index contributed by atoms with van der Waals surface area (Å²) in [6, 6.07) is 18.7. The van der Waals surface area contributed by atoms with Gasteiger partial charge in [0.2, 0.25) is 0 Å². The molecule has 0 aromatic heterocycles. The highest BCUT2D eigenvalue weighted by Crippen LogP contribution is 2.31. The lowest BCUT2D eigenvalue weighted by Crippen LogP contribution is -2.19. The number of halogens is 2. The number of rotatable bonds is 3. The van der Waals surface area contributed by atoms with E-state index >= 15 is 0 Å². The maximum Gasteiger partial charge on any atom is 0.129 e. The largest absolute Gasteiger partial charge is 0.309 e. The zero-order chi connectivity index (χ0) is 14.8. The van der Waals surface area contributed by atoms with Crippen LogP contribution in [0.4, 0.5) is 4.39 Å². The highest BCUT2D eigenvalue weighted by atomic mass is 35.5. The fraction of sp³-hybridized carbons (Fsp3) is 0.111. The van der Waals surface area contributed by atoms with Gasteiger partial charge in [0.25, 0.3) is 0 Å². The van der Waals surface area contributed by atoms with Gasteiger partial charge in [0, 0.05) is 10.6 Å². The molecule has 0 aliphatic heterocycles. The topological polar surface area (TPSA) is 12.0 Å². The van der Waals surface area contributed by atoms with Crippen molar-refractivity contribution in [3.8, 4) is 0 Å². The summed E-state index contributed by atoms with van der Waals surface area (Å²) < 4.78 is 14.2. The van der Waals surface area contributed by atoms with Crippen molar-refractivity contribution in [3.05, 3.63) is 82.6 Å². The van der Waals surface area contributed by atoms with Crippen molar-refractivity contribution in [3.63, 3.8) is 0 Å². The summed E-state index contributed by atoms with van der Waals surface area (Å²) in [5.74, 6) is -0.296. The molecule has 0 radical (unpaired) electrons. The highest BCUT2D eigenvalue weighted by molar-refractivity contribution is 6.31. The van der Waals surface area contributed by atoms with Crippen LogP contribution in [0.2, 0.25) is 5.02 Å². The lowest BCUT2D eigenvalue weighted by Gasteiger charge is -2.19. The van der Waals surface area contributed by atoms with Crippen LogP contribution in [0.5, 0.6) is 0 Å². The third-order valence-electron chi connectivity index (χ3n) is 3.68. The summed E-state index contributed by atoms with van der Waals surface area (Å²) in [4.78, 5) is 0. The maximum atomic E-state index is 14.2. The Kier molecular flexibility index (Phi) is 3.91. The molecule has 21 heavy (non-hydrogen) atoms. The molecule has 1 N–H and O–H groups in total. The first-order chi connectivity index (χ1) is 10.2. The number of nitrogens with one attached hydrogen (secondary N) is 1. The predicted octanol–water partition coefficient (Wildman–Crippen LogP) is 4.94. The number of hydrogen-bond donors (Lipinski definition) is 1. The Morgan fingerprint density at radius 1 is 0.952 bits per heavy atom. The molecular formula is C18H15ClFN. The van der Waals surface area contributed by atoms with Gasteiger partial charge in [-0.15, -0.1) is 0 Å². The summed E-state index contributed by atoms with van der Waals surface area (Å²) in [5.41, 5.74) is 1.47. The first kappa shape index (κ1) is 14.1. The first-order valence-corrected chi connectivity index (χ1v) is 7.18. The van der Waals surface area contributed by atoms with Gasteiger partial charge in [0.1, 0.15) is 5.82 Å². The van der Waals surface area contributed by atoms with E-state index in [4.69, 9.17) is 11.6 Å². The van der Waals surface area contributed by atoms with Gasteiger partial charge in [0.05, 0.1) is 6.04 Å². The van der Waals surface area contributed by atoms with Gasteiger partial charge < -0.3 is 5.32 Å². The molecular weight excluding hydrogens is 285 g/mol. The molecule has 3 aromatic carbocycles. The van der Waals surface area contributed by atoms with Crippen LogP contribution >= 0.6 is 11.6 Å². The van der Waals surface area contributed by atoms with Gasteiger partial charge in [-0.2, -0.15) is 0 Å². The maximum absolute atomic E-state index is 14.2. The highest BCUT2D eigenvalue weighted by Gasteiger charge is 2.19. The molecule has 1 atom stereocenters. The Morgan fingerprint density at radius 2 is 1.71 bits per heavy atom. The van der Waals surface area contributed by atoms with E-state index in [1.54, 1.807) is 12.1 Å². The van der Waals surface area contributed by atoms with Gasteiger partial charge in [-0.3, -0.25) is 0 Å². The quantitative estimate of drug-likeness (QED) is 0.722. The van der Waals surface area contributed by atoms with Crippen LogP contribution in [0, 0.1) is 5.82 Å². The summed E-state index contributed by atoms with van der Waals surface area (Å²) >= 11 is 6.19. The first-order valence-electron chi connectivity index (χ1n) is 6.80. The Hall–Kier alpha value is -1.90. The molecule has 1 nitrogen and oxygen atoms in total. The fourth-order valence-electron chi connectivity index (χ4n) is 2.65. The fourth-order valence-corrected chi connectivity index (χ4v) is 2.92. The second kappa shape index (κ2) is 5.84. The van der Waals surface area contributed by atoms with Crippen molar-refractivity contribution >= 4 is 22.4 Å². The van der Waals surface area contributed by atoms with Crippen molar-refractivity contribution in [2.75, 3.05) is 7.05 Å². The second-order valence-electron chi connectivity index (χ2n) is 4.96. The van der Waals surface area contributed by atoms with Gasteiger partial charge in [0.15, 0.2) is 0 Å². The molecule has 106 valence electrons. The van der Waals surface area contributed by atoms with E-state index in [1.807, 2.05) is 31.3 Å². The van der Waals surface area contributed by atoms with Crippen LogP contribution in [0.15, 0.2) is 60.7 Å². The summed E-state index contributed by atoms with van der Waals surface area (Å²) in [7, 11) is 1.81. The van der Waals surface area contributed by atoms with Crippen molar-refractivity contribution in [1.29, 1.82) is 0 Å². The summed E-state index contributed by atoms with van der Waals surface area (Å²) in [5, 5.41) is 5.88. The molecule has 0 spiro atoms. The van der Waals surface area contributed by atoms with Crippen LogP contribution in [0.1, 0.15) is 17.2 Å². The third-order valence-corrected chi connectivity index (χ3v) is 4.01. The van der Waals surface area contributed by atoms with E-state index < -0.39 is 0 Å². The predicted molar refractivity (Wildman–Crippen MR) is 86.3 cm³/mol. The Balaban J connectivity index is 2.14. The van der Waals surface area contributed by atoms with E-state index in [1.165, 1.54) is 6.07 Å². The van der Waals surface area contributed by atoms with E-state index in [9.17, 15) is 4.39 Å². The summed E-state index contributed by atoms with van der Waals surface area (Å²) in [6.07, 6.45) is 0. The van der Waals surface area contributed by atoms with Crippen LogP contribution in [0.3, 0.4) is 0 Å². The lowest BCUT2D eigenvalue weighted by molar-refractivity contribution is 0.576. The number of hydrogen-bond acceptors (Lipinski definition) is 1. The molecule has 3 heteroatoms. The van der Waals surface area contributed by atoms with Gasteiger partial charge in [-0.1, -0.05) is 54.1 Å². The molecule has 3 rings (SSSR count). The molecule has 0 aliphatic rings. The molecule has 1 unspecified atom stereocenters. The van der Waals surface area contributed by atoms with E-state index in [0.717, 1.165) is 16.3 Å².